The van der Waals surface area contributed by atoms with E-state index in [1.54, 1.807) is 0 Å². The molecule has 1 saturated heterocycles. The van der Waals surface area contributed by atoms with Crippen molar-refractivity contribution in [2.45, 2.75) is 64.0 Å². The van der Waals surface area contributed by atoms with Crippen LogP contribution in [0.1, 0.15) is 58.4 Å². The third-order valence-corrected chi connectivity index (χ3v) is 6.24. The molecule has 3 rings (SSSR count). The standard InChI is InChI=1S/C22H32N2O3/c1-20(2,3)27-19(26)24-16-21(15-18(24)25)11-13-22(14-12-21,23(4)5)17-9-7-6-8-10-17/h6-10H,11-16H2,1-5H3/t21-,22-. The van der Waals surface area contributed by atoms with Gasteiger partial charge in [-0.1, -0.05) is 30.3 Å². The van der Waals surface area contributed by atoms with E-state index >= 15 is 0 Å². The van der Waals surface area contributed by atoms with Gasteiger partial charge in [0.2, 0.25) is 5.91 Å². The highest BCUT2D eigenvalue weighted by Gasteiger charge is 2.52. The van der Waals surface area contributed by atoms with Gasteiger partial charge in [0, 0.05) is 18.5 Å². The molecule has 5 nitrogen and oxygen atoms in total. The molecule has 2 aliphatic rings. The SMILES string of the molecule is CN(C)[C@]1(c2ccccc2)CC[C@@]2(CC1)CC(=O)N(C(=O)OC(C)(C)C)C2. The number of rotatable bonds is 2. The van der Waals surface area contributed by atoms with Gasteiger partial charge in [0.25, 0.3) is 0 Å². The zero-order valence-corrected chi connectivity index (χ0v) is 17.2. The second-order valence-electron chi connectivity index (χ2n) is 9.43. The van der Waals surface area contributed by atoms with Crippen molar-refractivity contribution in [2.24, 2.45) is 5.41 Å². The van der Waals surface area contributed by atoms with Gasteiger partial charge in [-0.25, -0.2) is 9.69 Å². The first-order valence-corrected chi connectivity index (χ1v) is 9.83. The number of likely N-dealkylation sites (tertiary alicyclic amines) is 1. The monoisotopic (exact) mass is 372 g/mol. The van der Waals surface area contributed by atoms with Crippen LogP contribution >= 0.6 is 0 Å². The molecule has 5 heteroatoms. The van der Waals surface area contributed by atoms with Crippen LogP contribution in [0, 0.1) is 5.41 Å². The lowest BCUT2D eigenvalue weighted by molar-refractivity contribution is -0.127. The van der Waals surface area contributed by atoms with Gasteiger partial charge in [0.15, 0.2) is 0 Å². The van der Waals surface area contributed by atoms with Crippen LogP contribution in [0.4, 0.5) is 4.79 Å². The highest BCUT2D eigenvalue weighted by molar-refractivity contribution is 5.94. The van der Waals surface area contributed by atoms with Crippen LogP contribution in [0.5, 0.6) is 0 Å². The lowest BCUT2D eigenvalue weighted by Crippen LogP contribution is -2.47. The van der Waals surface area contributed by atoms with Crippen LogP contribution in [-0.4, -0.2) is 48.0 Å². The maximum absolute atomic E-state index is 12.6. The maximum atomic E-state index is 12.6. The number of nitrogens with zero attached hydrogens (tertiary/aromatic N) is 2. The molecule has 2 fully saturated rings. The Bertz CT molecular complexity index is 698. The molecule has 1 aliphatic heterocycles. The third kappa shape index (κ3) is 3.88. The van der Waals surface area contributed by atoms with Gasteiger partial charge in [-0.3, -0.25) is 9.69 Å². The first-order chi connectivity index (χ1) is 12.6. The summed E-state index contributed by atoms with van der Waals surface area (Å²) in [5.74, 6) is -0.0960. The molecule has 0 bridgehead atoms. The summed E-state index contributed by atoms with van der Waals surface area (Å²) in [6.07, 6.45) is 3.79. The third-order valence-electron chi connectivity index (χ3n) is 6.24. The summed E-state index contributed by atoms with van der Waals surface area (Å²) < 4.78 is 5.43. The Kier molecular flexibility index (Phi) is 5.10. The molecule has 0 radical (unpaired) electrons. The van der Waals surface area contributed by atoms with Gasteiger partial charge < -0.3 is 4.74 Å². The van der Waals surface area contributed by atoms with Crippen LogP contribution in [0.15, 0.2) is 30.3 Å². The molecule has 1 heterocycles. The summed E-state index contributed by atoms with van der Waals surface area (Å²) in [5.41, 5.74) is 0.628. The molecular weight excluding hydrogens is 340 g/mol. The molecule has 0 aromatic heterocycles. The highest BCUT2D eigenvalue weighted by Crippen LogP contribution is 2.52. The average molecular weight is 373 g/mol. The van der Waals surface area contributed by atoms with Crippen molar-refractivity contribution in [3.05, 3.63) is 35.9 Å². The Hall–Kier alpha value is -1.88. The van der Waals surface area contributed by atoms with E-state index in [1.165, 1.54) is 10.5 Å². The minimum Gasteiger partial charge on any atom is -0.443 e. The van der Waals surface area contributed by atoms with Crippen molar-refractivity contribution in [3.63, 3.8) is 0 Å². The minimum atomic E-state index is -0.590. The summed E-state index contributed by atoms with van der Waals surface area (Å²) >= 11 is 0. The second kappa shape index (κ2) is 6.93. The van der Waals surface area contributed by atoms with Crippen LogP contribution in [0.3, 0.4) is 0 Å². The molecule has 1 aliphatic carbocycles. The van der Waals surface area contributed by atoms with E-state index in [0.29, 0.717) is 13.0 Å². The fraction of sp³-hybridized carbons (Fsp3) is 0.636. The molecule has 1 aromatic carbocycles. The maximum Gasteiger partial charge on any atom is 0.417 e. The first kappa shape index (κ1) is 19.9. The van der Waals surface area contributed by atoms with Gasteiger partial charge in [0.1, 0.15) is 5.60 Å². The number of hydrogen-bond donors (Lipinski definition) is 0. The van der Waals surface area contributed by atoms with Crippen molar-refractivity contribution in [1.82, 2.24) is 9.80 Å². The zero-order chi connectivity index (χ0) is 19.9. The molecule has 1 saturated carbocycles. The van der Waals surface area contributed by atoms with Crippen molar-refractivity contribution < 1.29 is 14.3 Å². The van der Waals surface area contributed by atoms with Crippen LogP contribution < -0.4 is 0 Å². The lowest BCUT2D eigenvalue weighted by atomic mass is 9.64. The number of benzene rings is 1. The summed E-state index contributed by atoms with van der Waals surface area (Å²) in [4.78, 5) is 28.6. The molecule has 27 heavy (non-hydrogen) atoms. The molecule has 0 N–H and O–H groups in total. The van der Waals surface area contributed by atoms with Crippen molar-refractivity contribution in [2.75, 3.05) is 20.6 Å². The average Bonchev–Trinajstić information content (AvgIpc) is 2.91. The van der Waals surface area contributed by atoms with E-state index in [0.717, 1.165) is 25.7 Å². The molecule has 1 spiro atoms. The summed E-state index contributed by atoms with van der Waals surface area (Å²) in [7, 11) is 4.27. The van der Waals surface area contributed by atoms with E-state index in [-0.39, 0.29) is 16.9 Å². The van der Waals surface area contributed by atoms with E-state index in [1.807, 2.05) is 26.8 Å². The van der Waals surface area contributed by atoms with Crippen LogP contribution in [-0.2, 0) is 15.1 Å². The molecule has 2 amide bonds. The van der Waals surface area contributed by atoms with Crippen LogP contribution in [0.2, 0.25) is 0 Å². The summed E-state index contributed by atoms with van der Waals surface area (Å²) in [6.45, 7) is 5.96. The van der Waals surface area contributed by atoms with E-state index in [4.69, 9.17) is 4.74 Å². The highest BCUT2D eigenvalue weighted by atomic mass is 16.6. The molecular formula is C22H32N2O3. The number of carbonyl (C=O) groups excluding carboxylic acids is 2. The second-order valence-corrected chi connectivity index (χ2v) is 9.43. The van der Waals surface area contributed by atoms with Gasteiger partial charge in [-0.05, 0) is 71.5 Å². The molecule has 1 aromatic rings. The minimum absolute atomic E-state index is 0.00506. The van der Waals surface area contributed by atoms with Crippen molar-refractivity contribution in [3.8, 4) is 0 Å². The summed E-state index contributed by atoms with van der Waals surface area (Å²) in [5, 5.41) is 0. The van der Waals surface area contributed by atoms with Gasteiger partial charge in [-0.15, -0.1) is 0 Å². The van der Waals surface area contributed by atoms with E-state index < -0.39 is 11.7 Å². The van der Waals surface area contributed by atoms with Crippen molar-refractivity contribution >= 4 is 12.0 Å². The molecule has 148 valence electrons. The largest absolute Gasteiger partial charge is 0.443 e. The van der Waals surface area contributed by atoms with E-state index in [9.17, 15) is 9.59 Å². The number of amides is 2. The predicted molar refractivity (Wildman–Crippen MR) is 105 cm³/mol. The van der Waals surface area contributed by atoms with Gasteiger partial charge >= 0.3 is 6.09 Å². The van der Waals surface area contributed by atoms with Gasteiger partial charge in [-0.2, -0.15) is 0 Å². The number of carbonyl (C=O) groups is 2. The quantitative estimate of drug-likeness (QED) is 0.782. The normalized spacial score (nSPS) is 28.8. The first-order valence-electron chi connectivity index (χ1n) is 9.83. The molecule has 0 unspecified atom stereocenters. The van der Waals surface area contributed by atoms with Crippen LogP contribution in [0.25, 0.3) is 0 Å². The Morgan fingerprint density at radius 3 is 2.19 bits per heavy atom. The zero-order valence-electron chi connectivity index (χ0n) is 17.2. The Morgan fingerprint density at radius 2 is 1.67 bits per heavy atom. The Labute approximate surface area is 162 Å². The lowest BCUT2D eigenvalue weighted by Gasteiger charge is -2.48. The van der Waals surface area contributed by atoms with Crippen molar-refractivity contribution in [1.29, 1.82) is 0 Å². The fourth-order valence-corrected chi connectivity index (χ4v) is 4.65. The Morgan fingerprint density at radius 1 is 1.07 bits per heavy atom. The van der Waals surface area contributed by atoms with Gasteiger partial charge in [0.05, 0.1) is 0 Å². The molecule has 0 atom stereocenters. The van der Waals surface area contributed by atoms with E-state index in [2.05, 4.69) is 43.3 Å². The topological polar surface area (TPSA) is 49.9 Å². The smallest absolute Gasteiger partial charge is 0.417 e. The fourth-order valence-electron chi connectivity index (χ4n) is 4.65. The Balaban J connectivity index is 1.75. The number of hydrogen-bond acceptors (Lipinski definition) is 4. The summed E-state index contributed by atoms with van der Waals surface area (Å²) in [6, 6.07) is 10.6. The predicted octanol–water partition coefficient (Wildman–Crippen LogP) is 4.17. The number of imide groups is 1. The number of ether oxygens (including phenoxy) is 1.